The Morgan fingerprint density at radius 3 is 2.72 bits per heavy atom. The van der Waals surface area contributed by atoms with Crippen LogP contribution in [0.25, 0.3) is 0 Å². The lowest BCUT2D eigenvalue weighted by Gasteiger charge is -2.18. The van der Waals surface area contributed by atoms with E-state index in [2.05, 4.69) is 19.2 Å². The highest BCUT2D eigenvalue weighted by Gasteiger charge is 2.31. The van der Waals surface area contributed by atoms with Crippen molar-refractivity contribution >= 4 is 11.6 Å². The van der Waals surface area contributed by atoms with Crippen molar-refractivity contribution in [2.75, 3.05) is 5.73 Å². The normalized spacial score (nSPS) is 21.8. The molecule has 2 rings (SSSR count). The van der Waals surface area contributed by atoms with Gasteiger partial charge in [0.05, 0.1) is 0 Å². The number of nitrogens with one attached hydrogen (secondary N) is 1. The molecule has 1 amide bonds. The molecule has 3 heteroatoms. The Morgan fingerprint density at radius 2 is 2.17 bits per heavy atom. The third-order valence-corrected chi connectivity index (χ3v) is 3.84. The smallest absolute Gasteiger partial charge is 0.251 e. The molecule has 0 aliphatic heterocycles. The monoisotopic (exact) mass is 246 g/mol. The molecule has 1 saturated carbocycles. The molecule has 18 heavy (non-hydrogen) atoms. The van der Waals surface area contributed by atoms with Crippen LogP contribution in [0.3, 0.4) is 0 Å². The summed E-state index contributed by atoms with van der Waals surface area (Å²) in [6, 6.07) is 5.75. The molecule has 3 nitrogen and oxygen atoms in total. The zero-order valence-electron chi connectivity index (χ0n) is 11.4. The summed E-state index contributed by atoms with van der Waals surface area (Å²) in [6.07, 6.45) is 3.32. The van der Waals surface area contributed by atoms with Crippen LogP contribution in [0.1, 0.15) is 49.0 Å². The fourth-order valence-electron chi connectivity index (χ4n) is 2.64. The minimum Gasteiger partial charge on any atom is -0.399 e. The van der Waals surface area contributed by atoms with E-state index in [1.807, 2.05) is 13.0 Å². The molecule has 1 aromatic rings. The average molecular weight is 246 g/mol. The van der Waals surface area contributed by atoms with Crippen molar-refractivity contribution in [3.63, 3.8) is 0 Å². The second-order valence-corrected chi connectivity index (χ2v) is 6.15. The number of nitrogen functional groups attached to an aromatic ring is 1. The molecule has 0 spiro atoms. The fourth-order valence-corrected chi connectivity index (χ4v) is 2.64. The number of aryl methyl sites for hydroxylation is 1. The second kappa shape index (κ2) is 4.63. The minimum atomic E-state index is 0.0146. The van der Waals surface area contributed by atoms with E-state index in [1.165, 1.54) is 6.42 Å². The van der Waals surface area contributed by atoms with Crippen molar-refractivity contribution in [2.24, 2.45) is 5.41 Å². The van der Waals surface area contributed by atoms with Gasteiger partial charge in [-0.1, -0.05) is 13.8 Å². The summed E-state index contributed by atoms with van der Waals surface area (Å²) >= 11 is 0. The van der Waals surface area contributed by atoms with Crippen molar-refractivity contribution in [2.45, 2.75) is 46.1 Å². The average Bonchev–Trinajstić information content (AvgIpc) is 2.62. The van der Waals surface area contributed by atoms with E-state index in [0.717, 1.165) is 24.1 Å². The van der Waals surface area contributed by atoms with E-state index in [-0.39, 0.29) is 5.91 Å². The molecule has 0 radical (unpaired) electrons. The van der Waals surface area contributed by atoms with Gasteiger partial charge in [-0.05, 0) is 55.4 Å². The number of nitrogens with two attached hydrogens (primary N) is 1. The van der Waals surface area contributed by atoms with Crippen LogP contribution >= 0.6 is 0 Å². The Hall–Kier alpha value is -1.51. The largest absolute Gasteiger partial charge is 0.399 e. The first-order valence-corrected chi connectivity index (χ1v) is 6.54. The quantitative estimate of drug-likeness (QED) is 0.788. The van der Waals surface area contributed by atoms with Gasteiger partial charge in [0.1, 0.15) is 0 Å². The van der Waals surface area contributed by atoms with Crippen molar-refractivity contribution in [1.29, 1.82) is 0 Å². The summed E-state index contributed by atoms with van der Waals surface area (Å²) in [5.41, 5.74) is 8.50. The molecule has 0 bridgehead atoms. The first kappa shape index (κ1) is 12.9. The molecule has 0 aromatic heterocycles. The number of carbonyl (C=O) groups excluding carboxylic acids is 1. The topological polar surface area (TPSA) is 55.1 Å². The van der Waals surface area contributed by atoms with E-state index in [9.17, 15) is 4.79 Å². The molecule has 1 unspecified atom stereocenters. The molecule has 1 atom stereocenters. The van der Waals surface area contributed by atoms with Crippen LogP contribution in [0.5, 0.6) is 0 Å². The van der Waals surface area contributed by atoms with Gasteiger partial charge in [-0.2, -0.15) is 0 Å². The highest BCUT2D eigenvalue weighted by atomic mass is 16.1. The third-order valence-electron chi connectivity index (χ3n) is 3.84. The molecule has 3 N–H and O–H groups in total. The SMILES string of the molecule is Cc1cc(C(=O)NC2CCC(C)(C)C2)ccc1N. The maximum Gasteiger partial charge on any atom is 0.251 e. The maximum atomic E-state index is 12.1. The van der Waals surface area contributed by atoms with Gasteiger partial charge in [-0.15, -0.1) is 0 Å². The summed E-state index contributed by atoms with van der Waals surface area (Å²) in [5.74, 6) is 0.0146. The number of amides is 1. The molecular formula is C15H22N2O. The first-order chi connectivity index (χ1) is 8.37. The highest BCUT2D eigenvalue weighted by molar-refractivity contribution is 5.95. The predicted molar refractivity (Wildman–Crippen MR) is 74.5 cm³/mol. The first-order valence-electron chi connectivity index (χ1n) is 6.54. The summed E-state index contributed by atoms with van der Waals surface area (Å²) in [7, 11) is 0. The standard InChI is InChI=1S/C15H22N2O/c1-10-8-11(4-5-13(10)16)14(18)17-12-6-7-15(2,3)9-12/h4-5,8,12H,6-7,9,16H2,1-3H3,(H,17,18). The van der Waals surface area contributed by atoms with Gasteiger partial charge in [-0.3, -0.25) is 4.79 Å². The van der Waals surface area contributed by atoms with Crippen molar-refractivity contribution in [1.82, 2.24) is 5.32 Å². The third kappa shape index (κ3) is 2.84. The van der Waals surface area contributed by atoms with Gasteiger partial charge < -0.3 is 11.1 Å². The Bertz CT molecular complexity index is 466. The molecule has 1 aliphatic carbocycles. The molecule has 0 saturated heterocycles. The number of carbonyl (C=O) groups is 1. The Labute approximate surface area is 109 Å². The summed E-state index contributed by atoms with van der Waals surface area (Å²) < 4.78 is 0. The van der Waals surface area contributed by atoms with Crippen molar-refractivity contribution in [3.05, 3.63) is 29.3 Å². The molecule has 98 valence electrons. The van der Waals surface area contributed by atoms with Gasteiger partial charge >= 0.3 is 0 Å². The Kier molecular flexibility index (Phi) is 3.33. The maximum absolute atomic E-state index is 12.1. The van der Waals surface area contributed by atoms with Gasteiger partial charge in [-0.25, -0.2) is 0 Å². The lowest BCUT2D eigenvalue weighted by molar-refractivity contribution is 0.0936. The lowest BCUT2D eigenvalue weighted by atomic mass is 9.92. The number of hydrogen-bond donors (Lipinski definition) is 2. The van der Waals surface area contributed by atoms with Crippen LogP contribution in [0.2, 0.25) is 0 Å². The number of rotatable bonds is 2. The fraction of sp³-hybridized carbons (Fsp3) is 0.533. The second-order valence-electron chi connectivity index (χ2n) is 6.15. The van der Waals surface area contributed by atoms with Crippen LogP contribution in [-0.2, 0) is 0 Å². The van der Waals surface area contributed by atoms with E-state index >= 15 is 0 Å². The summed E-state index contributed by atoms with van der Waals surface area (Å²) in [4.78, 5) is 12.1. The number of anilines is 1. The number of hydrogen-bond acceptors (Lipinski definition) is 2. The highest BCUT2D eigenvalue weighted by Crippen LogP contribution is 2.36. The minimum absolute atomic E-state index is 0.0146. The summed E-state index contributed by atoms with van der Waals surface area (Å²) in [6.45, 7) is 6.43. The van der Waals surface area contributed by atoms with Crippen LogP contribution in [0.15, 0.2) is 18.2 Å². The van der Waals surface area contributed by atoms with E-state index in [0.29, 0.717) is 17.0 Å². The van der Waals surface area contributed by atoms with Crippen molar-refractivity contribution < 1.29 is 4.79 Å². The van der Waals surface area contributed by atoms with Crippen LogP contribution in [-0.4, -0.2) is 11.9 Å². The molecular weight excluding hydrogens is 224 g/mol. The van der Waals surface area contributed by atoms with Crippen molar-refractivity contribution in [3.8, 4) is 0 Å². The zero-order valence-corrected chi connectivity index (χ0v) is 11.4. The van der Waals surface area contributed by atoms with Crippen LogP contribution < -0.4 is 11.1 Å². The van der Waals surface area contributed by atoms with Gasteiger partial charge in [0, 0.05) is 17.3 Å². The predicted octanol–water partition coefficient (Wildman–Crippen LogP) is 2.89. The van der Waals surface area contributed by atoms with Crippen LogP contribution in [0, 0.1) is 12.3 Å². The zero-order chi connectivity index (χ0) is 13.3. The van der Waals surface area contributed by atoms with Gasteiger partial charge in [0.25, 0.3) is 5.91 Å². The molecule has 1 aliphatic rings. The van der Waals surface area contributed by atoms with Gasteiger partial charge in [0.2, 0.25) is 0 Å². The van der Waals surface area contributed by atoms with E-state index < -0.39 is 0 Å². The summed E-state index contributed by atoms with van der Waals surface area (Å²) in [5, 5.41) is 3.12. The van der Waals surface area contributed by atoms with Gasteiger partial charge in [0.15, 0.2) is 0 Å². The molecule has 0 heterocycles. The Balaban J connectivity index is 2.02. The molecule has 1 fully saturated rings. The van der Waals surface area contributed by atoms with Crippen LogP contribution in [0.4, 0.5) is 5.69 Å². The van der Waals surface area contributed by atoms with E-state index in [4.69, 9.17) is 5.73 Å². The lowest BCUT2D eigenvalue weighted by Crippen LogP contribution is -2.33. The number of benzene rings is 1. The molecule has 1 aromatic carbocycles. The van der Waals surface area contributed by atoms with E-state index in [1.54, 1.807) is 12.1 Å². The Morgan fingerprint density at radius 1 is 1.44 bits per heavy atom.